The van der Waals surface area contributed by atoms with Gasteiger partial charge in [0.25, 0.3) is 0 Å². The number of rotatable bonds is 6. The quantitative estimate of drug-likeness (QED) is 0.699. The van der Waals surface area contributed by atoms with Gasteiger partial charge in [-0.2, -0.15) is 11.8 Å². The van der Waals surface area contributed by atoms with Gasteiger partial charge in [-0.3, -0.25) is 4.79 Å². The molecule has 0 saturated heterocycles. The zero-order valence-corrected chi connectivity index (χ0v) is 10.0. The minimum atomic E-state index is 0.0822. The Bertz CT molecular complexity index is 153. The molecule has 0 aromatic heterocycles. The summed E-state index contributed by atoms with van der Waals surface area (Å²) in [6.45, 7) is 4.25. The maximum absolute atomic E-state index is 11.2. The molecule has 0 aromatic rings. The van der Waals surface area contributed by atoms with Gasteiger partial charge < -0.3 is 5.32 Å². The molecule has 0 spiro atoms. The zero-order chi connectivity index (χ0) is 10.3. The van der Waals surface area contributed by atoms with Crippen LogP contribution in [0.4, 0.5) is 0 Å². The average molecular weight is 224 g/mol. The molecule has 1 atom stereocenters. The monoisotopic (exact) mass is 223 g/mol. The second-order valence-corrected chi connectivity index (χ2v) is 4.66. The number of nitrogens with one attached hydrogen (secondary N) is 1. The second-order valence-electron chi connectivity index (χ2n) is 3.48. The zero-order valence-electron chi connectivity index (χ0n) is 8.47. The van der Waals surface area contributed by atoms with Crippen molar-refractivity contribution in [2.45, 2.75) is 26.3 Å². The number of thioether (sulfide) groups is 1. The summed E-state index contributed by atoms with van der Waals surface area (Å²) in [6, 6.07) is 0.126. The van der Waals surface area contributed by atoms with Crippen LogP contribution >= 0.6 is 23.4 Å². The van der Waals surface area contributed by atoms with E-state index in [4.69, 9.17) is 11.6 Å². The largest absolute Gasteiger partial charge is 0.351 e. The Balaban J connectivity index is 3.76. The lowest BCUT2D eigenvalue weighted by Gasteiger charge is -2.17. The lowest BCUT2D eigenvalue weighted by Crippen LogP contribution is -2.38. The first kappa shape index (κ1) is 13.1. The highest BCUT2D eigenvalue weighted by molar-refractivity contribution is 7.99. The summed E-state index contributed by atoms with van der Waals surface area (Å²) in [4.78, 5) is 11.2. The van der Waals surface area contributed by atoms with E-state index in [1.54, 1.807) is 0 Å². The number of hydrogen-bond acceptors (Lipinski definition) is 2. The Morgan fingerprint density at radius 1 is 1.54 bits per heavy atom. The van der Waals surface area contributed by atoms with Gasteiger partial charge in [0.1, 0.15) is 0 Å². The first-order valence-electron chi connectivity index (χ1n) is 4.44. The number of amides is 1. The number of hydrogen-bond donors (Lipinski definition) is 1. The van der Waals surface area contributed by atoms with E-state index in [1.165, 1.54) is 11.8 Å². The van der Waals surface area contributed by atoms with Crippen LogP contribution in [0.3, 0.4) is 0 Å². The molecule has 0 aliphatic rings. The van der Waals surface area contributed by atoms with Crippen molar-refractivity contribution in [3.05, 3.63) is 0 Å². The third kappa shape index (κ3) is 7.20. The van der Waals surface area contributed by atoms with Gasteiger partial charge in [-0.15, -0.1) is 11.6 Å². The van der Waals surface area contributed by atoms with Crippen molar-refractivity contribution in [3.8, 4) is 0 Å². The van der Waals surface area contributed by atoms with E-state index < -0.39 is 0 Å². The van der Waals surface area contributed by atoms with E-state index in [9.17, 15) is 4.79 Å². The van der Waals surface area contributed by atoms with Crippen LogP contribution in [0.1, 0.15) is 20.3 Å². The highest BCUT2D eigenvalue weighted by Gasteiger charge is 2.11. The number of carbonyl (C=O) groups is 1. The van der Waals surface area contributed by atoms with Crippen molar-refractivity contribution in [2.24, 2.45) is 5.92 Å². The van der Waals surface area contributed by atoms with Gasteiger partial charge in [0.05, 0.1) is 5.75 Å². The summed E-state index contributed by atoms with van der Waals surface area (Å²) in [5.41, 5.74) is 0. The maximum Gasteiger partial charge on any atom is 0.230 e. The molecule has 1 unspecified atom stereocenters. The molecule has 0 heterocycles. The van der Waals surface area contributed by atoms with Crippen LogP contribution < -0.4 is 5.32 Å². The molecule has 0 rings (SSSR count). The normalized spacial score (nSPS) is 13.0. The molecule has 2 nitrogen and oxygen atoms in total. The Morgan fingerprint density at radius 3 is 2.54 bits per heavy atom. The second kappa shape index (κ2) is 7.51. The molecule has 1 N–H and O–H groups in total. The average Bonchev–Trinajstić information content (AvgIpc) is 2.02. The fraction of sp³-hybridized carbons (Fsp3) is 0.889. The first-order valence-corrected chi connectivity index (χ1v) is 6.37. The third-order valence-electron chi connectivity index (χ3n) is 1.58. The number of carbonyl (C=O) groups excluding carboxylic acids is 1. The van der Waals surface area contributed by atoms with E-state index >= 15 is 0 Å². The van der Waals surface area contributed by atoms with Crippen LogP contribution in [0, 0.1) is 5.92 Å². The van der Waals surface area contributed by atoms with Gasteiger partial charge >= 0.3 is 0 Å². The molecule has 0 radical (unpaired) electrons. The SMILES string of the molecule is CSCC(=O)NC(CCl)CC(C)C. The number of alkyl halides is 1. The van der Waals surface area contributed by atoms with Crippen LogP contribution in [0.5, 0.6) is 0 Å². The standard InChI is InChI=1S/C9H18ClNOS/c1-7(2)4-8(5-10)11-9(12)6-13-3/h7-8H,4-6H2,1-3H3,(H,11,12). The van der Waals surface area contributed by atoms with E-state index in [-0.39, 0.29) is 11.9 Å². The third-order valence-corrected chi connectivity index (χ3v) is 2.51. The molecule has 0 aliphatic carbocycles. The van der Waals surface area contributed by atoms with E-state index in [2.05, 4.69) is 19.2 Å². The minimum absolute atomic E-state index is 0.0822. The first-order chi connectivity index (χ1) is 6.10. The fourth-order valence-corrected chi connectivity index (χ4v) is 1.68. The predicted octanol–water partition coefficient (Wildman–Crippen LogP) is 2.12. The molecular weight excluding hydrogens is 206 g/mol. The molecule has 13 heavy (non-hydrogen) atoms. The van der Waals surface area contributed by atoms with Crippen molar-refractivity contribution >= 4 is 29.3 Å². The molecule has 0 bridgehead atoms. The molecule has 4 heteroatoms. The van der Waals surface area contributed by atoms with Gasteiger partial charge in [0, 0.05) is 11.9 Å². The molecule has 0 fully saturated rings. The highest BCUT2D eigenvalue weighted by atomic mass is 35.5. The maximum atomic E-state index is 11.2. The predicted molar refractivity (Wildman–Crippen MR) is 60.5 cm³/mol. The lowest BCUT2D eigenvalue weighted by molar-refractivity contribution is -0.119. The molecule has 78 valence electrons. The highest BCUT2D eigenvalue weighted by Crippen LogP contribution is 2.06. The summed E-state index contributed by atoms with van der Waals surface area (Å²) >= 11 is 7.26. The number of halogens is 1. The Kier molecular flexibility index (Phi) is 7.57. The molecule has 0 aromatic carbocycles. The fourth-order valence-electron chi connectivity index (χ4n) is 1.13. The van der Waals surface area contributed by atoms with Gasteiger partial charge in [-0.1, -0.05) is 13.8 Å². The van der Waals surface area contributed by atoms with Crippen molar-refractivity contribution in [1.29, 1.82) is 0 Å². The Morgan fingerprint density at radius 2 is 2.15 bits per heavy atom. The molecule has 1 amide bonds. The van der Waals surface area contributed by atoms with Gasteiger partial charge in [-0.05, 0) is 18.6 Å². The summed E-state index contributed by atoms with van der Waals surface area (Å²) < 4.78 is 0. The Labute approximate surface area is 89.8 Å². The van der Waals surface area contributed by atoms with Gasteiger partial charge in [0.15, 0.2) is 0 Å². The summed E-state index contributed by atoms with van der Waals surface area (Å²) in [5, 5.41) is 2.91. The smallest absolute Gasteiger partial charge is 0.230 e. The van der Waals surface area contributed by atoms with E-state index in [0.29, 0.717) is 17.6 Å². The molecular formula is C9H18ClNOS. The summed E-state index contributed by atoms with van der Waals surface area (Å²) in [7, 11) is 0. The van der Waals surface area contributed by atoms with Gasteiger partial charge in [0.2, 0.25) is 5.91 Å². The topological polar surface area (TPSA) is 29.1 Å². The lowest BCUT2D eigenvalue weighted by atomic mass is 10.1. The van der Waals surface area contributed by atoms with E-state index in [1.807, 2.05) is 6.26 Å². The Hall–Kier alpha value is 0.110. The van der Waals surface area contributed by atoms with E-state index in [0.717, 1.165) is 6.42 Å². The van der Waals surface area contributed by atoms with Crippen molar-refractivity contribution in [2.75, 3.05) is 17.9 Å². The van der Waals surface area contributed by atoms with Crippen LogP contribution in [-0.4, -0.2) is 29.8 Å². The van der Waals surface area contributed by atoms with Crippen LogP contribution in [0.25, 0.3) is 0 Å². The molecule has 0 saturated carbocycles. The summed E-state index contributed by atoms with van der Waals surface area (Å²) in [6.07, 6.45) is 2.86. The van der Waals surface area contributed by atoms with Crippen LogP contribution in [-0.2, 0) is 4.79 Å². The van der Waals surface area contributed by atoms with Crippen molar-refractivity contribution in [1.82, 2.24) is 5.32 Å². The minimum Gasteiger partial charge on any atom is -0.351 e. The van der Waals surface area contributed by atoms with Crippen LogP contribution in [0.15, 0.2) is 0 Å². The summed E-state index contributed by atoms with van der Waals surface area (Å²) in [5.74, 6) is 1.67. The van der Waals surface area contributed by atoms with Crippen LogP contribution in [0.2, 0.25) is 0 Å². The van der Waals surface area contributed by atoms with Gasteiger partial charge in [-0.25, -0.2) is 0 Å². The van der Waals surface area contributed by atoms with Crippen molar-refractivity contribution in [3.63, 3.8) is 0 Å². The molecule has 0 aliphatic heterocycles. The van der Waals surface area contributed by atoms with Crippen molar-refractivity contribution < 1.29 is 4.79 Å².